The van der Waals surface area contributed by atoms with Gasteiger partial charge in [0.2, 0.25) is 21.8 Å². The monoisotopic (exact) mass is 605 g/mol. The molecule has 1 atom stereocenters. The summed E-state index contributed by atoms with van der Waals surface area (Å²) in [5, 5.41) is 3.04. The molecule has 0 fully saturated rings. The molecule has 196 valence electrons. The molecule has 0 saturated carbocycles. The van der Waals surface area contributed by atoms with Gasteiger partial charge in [-0.1, -0.05) is 76.1 Å². The van der Waals surface area contributed by atoms with Crippen molar-refractivity contribution in [1.82, 2.24) is 10.2 Å². The van der Waals surface area contributed by atoms with Crippen LogP contribution in [-0.4, -0.2) is 51.0 Å². The Hall–Kier alpha value is -2.88. The lowest BCUT2D eigenvalue weighted by molar-refractivity contribution is -0.139. The van der Waals surface area contributed by atoms with Crippen LogP contribution in [0.4, 0.5) is 5.69 Å². The first-order valence-electron chi connectivity index (χ1n) is 11.5. The van der Waals surface area contributed by atoms with Crippen LogP contribution in [0.2, 0.25) is 5.02 Å². The topological polar surface area (TPSA) is 86.8 Å². The second-order valence-corrected chi connectivity index (χ2v) is 11.9. The van der Waals surface area contributed by atoms with Crippen LogP contribution in [0.5, 0.6) is 0 Å². The zero-order chi connectivity index (χ0) is 27.2. The molecule has 0 saturated heterocycles. The molecule has 0 aliphatic heterocycles. The molecule has 7 nitrogen and oxygen atoms in total. The van der Waals surface area contributed by atoms with Crippen molar-refractivity contribution in [2.75, 3.05) is 24.2 Å². The molecule has 37 heavy (non-hydrogen) atoms. The van der Waals surface area contributed by atoms with E-state index in [4.69, 9.17) is 11.6 Å². The second-order valence-electron chi connectivity index (χ2n) is 8.67. The third kappa shape index (κ3) is 7.80. The molecular weight excluding hydrogens is 578 g/mol. The lowest BCUT2D eigenvalue weighted by Crippen LogP contribution is -2.52. The molecule has 0 aromatic heterocycles. The summed E-state index contributed by atoms with van der Waals surface area (Å²) in [5.41, 5.74) is 2.72. The van der Waals surface area contributed by atoms with E-state index in [-0.39, 0.29) is 24.6 Å². The summed E-state index contributed by atoms with van der Waals surface area (Å²) in [5.74, 6) is -0.867. The van der Waals surface area contributed by atoms with Crippen LogP contribution in [0.3, 0.4) is 0 Å². The van der Waals surface area contributed by atoms with E-state index < -0.39 is 28.5 Å². The summed E-state index contributed by atoms with van der Waals surface area (Å²) in [6.45, 7) is 1.43. The third-order valence-corrected chi connectivity index (χ3v) is 7.98. The van der Waals surface area contributed by atoms with Crippen LogP contribution in [-0.2, 0) is 32.6 Å². The van der Waals surface area contributed by atoms with Crippen molar-refractivity contribution in [1.29, 1.82) is 0 Å². The summed E-state index contributed by atoms with van der Waals surface area (Å²) in [6.07, 6.45) is 1.30. The summed E-state index contributed by atoms with van der Waals surface area (Å²) in [6, 6.07) is 20.7. The van der Waals surface area contributed by atoms with Crippen LogP contribution in [0.25, 0.3) is 0 Å². The van der Waals surface area contributed by atoms with Gasteiger partial charge in [0.05, 0.1) is 11.9 Å². The number of benzene rings is 3. The fourth-order valence-electron chi connectivity index (χ4n) is 3.86. The van der Waals surface area contributed by atoms with Gasteiger partial charge in [-0.3, -0.25) is 13.9 Å². The average molecular weight is 607 g/mol. The molecule has 0 bridgehead atoms. The first-order valence-corrected chi connectivity index (χ1v) is 14.5. The summed E-state index contributed by atoms with van der Waals surface area (Å²) in [4.78, 5) is 28.4. The number of carbonyl (C=O) groups is 2. The van der Waals surface area contributed by atoms with E-state index in [1.807, 2.05) is 54.6 Å². The van der Waals surface area contributed by atoms with Crippen molar-refractivity contribution in [3.8, 4) is 0 Å². The van der Waals surface area contributed by atoms with Gasteiger partial charge >= 0.3 is 0 Å². The van der Waals surface area contributed by atoms with Crippen LogP contribution in [0, 0.1) is 6.92 Å². The highest BCUT2D eigenvalue weighted by molar-refractivity contribution is 9.10. The second kappa shape index (κ2) is 12.6. The molecule has 1 unspecified atom stereocenters. The van der Waals surface area contributed by atoms with Gasteiger partial charge in [-0.05, 0) is 47.9 Å². The Bertz CT molecular complexity index is 1350. The van der Waals surface area contributed by atoms with Gasteiger partial charge in [0.25, 0.3) is 0 Å². The number of amides is 2. The largest absolute Gasteiger partial charge is 0.357 e. The van der Waals surface area contributed by atoms with Crippen LogP contribution in [0.15, 0.2) is 77.3 Å². The Kier molecular flexibility index (Phi) is 9.75. The molecule has 3 aromatic carbocycles. The first kappa shape index (κ1) is 28.7. The fraction of sp³-hybridized carbons (Fsp3) is 0.259. The van der Waals surface area contributed by atoms with Crippen molar-refractivity contribution < 1.29 is 18.0 Å². The van der Waals surface area contributed by atoms with E-state index in [0.29, 0.717) is 5.02 Å². The van der Waals surface area contributed by atoms with E-state index in [1.54, 1.807) is 19.1 Å². The average Bonchev–Trinajstić information content (AvgIpc) is 2.87. The lowest BCUT2D eigenvalue weighted by atomic mass is 10.0. The minimum absolute atomic E-state index is 0.114. The van der Waals surface area contributed by atoms with Gasteiger partial charge in [0.15, 0.2) is 0 Å². The fourth-order valence-corrected chi connectivity index (χ4v) is 5.14. The zero-order valence-electron chi connectivity index (χ0n) is 20.8. The minimum Gasteiger partial charge on any atom is -0.357 e. The van der Waals surface area contributed by atoms with E-state index in [0.717, 1.165) is 31.7 Å². The molecule has 10 heteroatoms. The number of halogens is 2. The predicted octanol–water partition coefficient (Wildman–Crippen LogP) is 4.56. The van der Waals surface area contributed by atoms with Crippen molar-refractivity contribution in [2.45, 2.75) is 25.9 Å². The Morgan fingerprint density at radius 1 is 1.00 bits per heavy atom. The van der Waals surface area contributed by atoms with E-state index in [9.17, 15) is 18.0 Å². The number of aryl methyl sites for hydroxylation is 1. The molecule has 2 amide bonds. The van der Waals surface area contributed by atoms with Crippen molar-refractivity contribution in [3.05, 3.63) is 99.0 Å². The van der Waals surface area contributed by atoms with E-state index >= 15 is 0 Å². The highest BCUT2D eigenvalue weighted by Crippen LogP contribution is 2.26. The highest BCUT2D eigenvalue weighted by atomic mass is 79.9. The Balaban J connectivity index is 2.03. The highest BCUT2D eigenvalue weighted by Gasteiger charge is 2.32. The number of sulfonamides is 1. The number of anilines is 1. The maximum atomic E-state index is 13.8. The van der Waals surface area contributed by atoms with Crippen LogP contribution in [0.1, 0.15) is 16.7 Å². The maximum absolute atomic E-state index is 13.8. The quantitative estimate of drug-likeness (QED) is 0.367. The number of rotatable bonds is 10. The lowest BCUT2D eigenvalue weighted by Gasteiger charge is -2.33. The van der Waals surface area contributed by atoms with E-state index in [1.165, 1.54) is 18.0 Å². The Morgan fingerprint density at radius 3 is 2.22 bits per heavy atom. The van der Waals surface area contributed by atoms with E-state index in [2.05, 4.69) is 21.2 Å². The van der Waals surface area contributed by atoms with Crippen molar-refractivity contribution in [3.63, 3.8) is 0 Å². The zero-order valence-corrected chi connectivity index (χ0v) is 24.0. The van der Waals surface area contributed by atoms with Gasteiger partial charge < -0.3 is 10.2 Å². The SMILES string of the molecule is CNC(=O)C(Cc1ccccc1)N(Cc1ccc(Br)cc1)C(=O)CN(c1ccc(C)c(Cl)c1)S(C)(=O)=O. The minimum atomic E-state index is -3.84. The van der Waals surface area contributed by atoms with Crippen molar-refractivity contribution >= 4 is 55.1 Å². The summed E-state index contributed by atoms with van der Waals surface area (Å²) in [7, 11) is -2.33. The van der Waals surface area contributed by atoms with Gasteiger partial charge in [-0.2, -0.15) is 0 Å². The normalized spacial score (nSPS) is 12.0. The van der Waals surface area contributed by atoms with Gasteiger partial charge in [-0.25, -0.2) is 8.42 Å². The molecule has 0 heterocycles. The standard InChI is InChI=1S/C27H29BrClN3O4S/c1-19-9-14-23(16-24(19)29)32(37(3,35)36)18-26(33)31(17-21-10-12-22(28)13-11-21)25(27(34)30-2)15-20-7-5-4-6-8-20/h4-14,16,25H,15,17-18H2,1-3H3,(H,30,34). The maximum Gasteiger partial charge on any atom is 0.244 e. The summed E-state index contributed by atoms with van der Waals surface area (Å²) >= 11 is 9.67. The molecule has 3 rings (SSSR count). The van der Waals surface area contributed by atoms with Crippen molar-refractivity contribution in [2.24, 2.45) is 0 Å². The van der Waals surface area contributed by atoms with Gasteiger partial charge in [-0.15, -0.1) is 0 Å². The molecule has 0 radical (unpaired) electrons. The number of carbonyl (C=O) groups excluding carboxylic acids is 2. The molecular formula is C27H29BrClN3O4S. The number of nitrogens with zero attached hydrogens (tertiary/aromatic N) is 2. The molecule has 3 aromatic rings. The Labute approximate surface area is 231 Å². The Morgan fingerprint density at radius 2 is 1.65 bits per heavy atom. The van der Waals surface area contributed by atoms with Crippen LogP contribution < -0.4 is 9.62 Å². The number of hydrogen-bond donors (Lipinski definition) is 1. The summed E-state index contributed by atoms with van der Waals surface area (Å²) < 4.78 is 27.4. The number of likely N-dealkylation sites (N-methyl/N-ethyl adjacent to an activating group) is 1. The molecule has 0 aliphatic rings. The third-order valence-electron chi connectivity index (χ3n) is 5.91. The molecule has 0 aliphatic carbocycles. The predicted molar refractivity (Wildman–Crippen MR) is 151 cm³/mol. The number of nitrogens with one attached hydrogen (secondary N) is 1. The molecule has 0 spiro atoms. The van der Waals surface area contributed by atoms with Crippen LogP contribution >= 0.6 is 27.5 Å². The van der Waals surface area contributed by atoms with Gasteiger partial charge in [0.1, 0.15) is 12.6 Å². The molecule has 1 N–H and O–H groups in total. The van der Waals surface area contributed by atoms with Gasteiger partial charge in [0, 0.05) is 29.5 Å². The first-order chi connectivity index (χ1) is 17.5. The number of hydrogen-bond acceptors (Lipinski definition) is 4. The smallest absolute Gasteiger partial charge is 0.244 e.